The van der Waals surface area contributed by atoms with Crippen LogP contribution >= 0.6 is 23.4 Å². The molecule has 31 heavy (non-hydrogen) atoms. The molecule has 3 rings (SSSR count). The van der Waals surface area contributed by atoms with Crippen LogP contribution in [0, 0.1) is 0 Å². The highest BCUT2D eigenvalue weighted by Gasteiger charge is 2.18. The highest BCUT2D eigenvalue weighted by atomic mass is 35.5. The van der Waals surface area contributed by atoms with Crippen LogP contribution in [0.4, 0.5) is 5.69 Å². The summed E-state index contributed by atoms with van der Waals surface area (Å²) in [6.45, 7) is 4.80. The summed E-state index contributed by atoms with van der Waals surface area (Å²) in [5.41, 5.74) is 0.900. The second kappa shape index (κ2) is 11.3. The Balaban J connectivity index is 1.86. The van der Waals surface area contributed by atoms with E-state index in [1.54, 1.807) is 42.5 Å². The first-order valence-corrected chi connectivity index (χ1v) is 11.3. The first kappa shape index (κ1) is 23.3. The molecule has 0 atom stereocenters. The molecule has 2 aromatic carbocycles. The van der Waals surface area contributed by atoms with Crippen molar-refractivity contribution in [3.63, 3.8) is 0 Å². The summed E-state index contributed by atoms with van der Waals surface area (Å²) in [6.07, 6.45) is -0.591. The molecule has 0 fully saturated rings. The number of para-hydroxylation sites is 2. The molecule has 164 valence electrons. The normalized spacial score (nSPS) is 11.2. The Morgan fingerprint density at radius 1 is 1.13 bits per heavy atom. The minimum atomic E-state index is -0.591. The fourth-order valence-corrected chi connectivity index (χ4v) is 3.96. The Labute approximate surface area is 189 Å². The molecule has 0 aliphatic heterocycles. The molecule has 1 N–H and O–H groups in total. The van der Waals surface area contributed by atoms with Crippen molar-refractivity contribution in [2.24, 2.45) is 0 Å². The average molecular weight is 462 g/mol. The van der Waals surface area contributed by atoms with Crippen LogP contribution in [0.2, 0.25) is 5.02 Å². The van der Waals surface area contributed by atoms with Crippen LogP contribution < -0.4 is 10.9 Å². The lowest BCUT2D eigenvalue weighted by molar-refractivity contribution is -0.144. The molecule has 0 spiro atoms. The Kier molecular flexibility index (Phi) is 8.48. The van der Waals surface area contributed by atoms with E-state index in [2.05, 4.69) is 10.3 Å². The summed E-state index contributed by atoms with van der Waals surface area (Å²) in [7, 11) is 0. The number of anilines is 1. The van der Waals surface area contributed by atoms with Crippen LogP contribution in [0.5, 0.6) is 0 Å². The molecule has 0 unspecified atom stereocenters. The lowest BCUT2D eigenvalue weighted by atomic mass is 10.2. The van der Waals surface area contributed by atoms with E-state index in [4.69, 9.17) is 21.1 Å². The number of rotatable bonds is 10. The highest BCUT2D eigenvalue weighted by molar-refractivity contribution is 7.99. The van der Waals surface area contributed by atoms with E-state index >= 15 is 0 Å². The zero-order chi connectivity index (χ0) is 22.2. The van der Waals surface area contributed by atoms with E-state index in [0.717, 1.165) is 0 Å². The average Bonchev–Trinajstić information content (AvgIpc) is 2.76. The second-order valence-corrected chi connectivity index (χ2v) is 7.83. The van der Waals surface area contributed by atoms with E-state index in [-0.39, 0.29) is 23.8 Å². The second-order valence-electron chi connectivity index (χ2n) is 6.48. The molecule has 9 heteroatoms. The minimum Gasteiger partial charge on any atom is -0.351 e. The fourth-order valence-electron chi connectivity index (χ4n) is 2.97. The van der Waals surface area contributed by atoms with Gasteiger partial charge in [-0.05, 0) is 38.1 Å². The summed E-state index contributed by atoms with van der Waals surface area (Å²) >= 11 is 7.28. The number of thioether (sulfide) groups is 1. The van der Waals surface area contributed by atoms with Gasteiger partial charge in [-0.15, -0.1) is 0 Å². The van der Waals surface area contributed by atoms with Crippen LogP contribution in [0.1, 0.15) is 13.8 Å². The Morgan fingerprint density at radius 2 is 1.81 bits per heavy atom. The number of hydrogen-bond donors (Lipinski definition) is 1. The number of halogens is 1. The summed E-state index contributed by atoms with van der Waals surface area (Å²) in [4.78, 5) is 30.2. The van der Waals surface area contributed by atoms with Gasteiger partial charge in [0.2, 0.25) is 5.91 Å². The lowest BCUT2D eigenvalue weighted by Crippen LogP contribution is -2.32. The number of hydrogen-bond acceptors (Lipinski definition) is 6. The van der Waals surface area contributed by atoms with E-state index in [1.807, 2.05) is 19.9 Å². The van der Waals surface area contributed by atoms with Gasteiger partial charge in [-0.3, -0.25) is 14.2 Å². The fraction of sp³-hybridized carbons (Fsp3) is 0.318. The summed E-state index contributed by atoms with van der Waals surface area (Å²) < 4.78 is 12.7. The van der Waals surface area contributed by atoms with Gasteiger partial charge in [0, 0.05) is 13.2 Å². The van der Waals surface area contributed by atoms with Crippen molar-refractivity contribution >= 4 is 45.9 Å². The molecule has 0 aliphatic carbocycles. The Morgan fingerprint density at radius 3 is 2.52 bits per heavy atom. The largest absolute Gasteiger partial charge is 0.351 e. The molecule has 0 aliphatic rings. The number of nitrogens with zero attached hydrogens (tertiary/aromatic N) is 2. The van der Waals surface area contributed by atoms with Gasteiger partial charge in [0.05, 0.1) is 33.9 Å². The van der Waals surface area contributed by atoms with Gasteiger partial charge in [0.15, 0.2) is 11.4 Å². The number of amides is 1. The zero-order valence-corrected chi connectivity index (χ0v) is 18.9. The lowest BCUT2D eigenvalue weighted by Gasteiger charge is -2.20. The van der Waals surface area contributed by atoms with Crippen LogP contribution in [0.15, 0.2) is 58.5 Å². The van der Waals surface area contributed by atoms with Crippen molar-refractivity contribution in [2.75, 3.05) is 24.3 Å². The Hall–Kier alpha value is -2.39. The quantitative estimate of drug-likeness (QED) is 0.277. The highest BCUT2D eigenvalue weighted by Crippen LogP contribution is 2.22. The zero-order valence-electron chi connectivity index (χ0n) is 17.3. The van der Waals surface area contributed by atoms with E-state index in [1.165, 1.54) is 16.3 Å². The standard InChI is InChI=1S/C22H24ClN3O4S/c1-3-29-20(30-4-2)13-26-21(28)15-9-5-7-11-17(15)25-22(26)31-14-19(27)24-18-12-8-6-10-16(18)23/h5-12,20H,3-4,13-14H2,1-2H3,(H,24,27). The maximum absolute atomic E-state index is 13.2. The van der Waals surface area contributed by atoms with Crippen molar-refractivity contribution in [2.45, 2.75) is 31.8 Å². The molecule has 0 bridgehead atoms. The maximum Gasteiger partial charge on any atom is 0.262 e. The SMILES string of the molecule is CCOC(Cn1c(SCC(=O)Nc2ccccc2Cl)nc2ccccc2c1=O)OCC. The predicted octanol–water partition coefficient (Wildman–Crippen LogP) is 4.18. The molecular weight excluding hydrogens is 438 g/mol. The maximum atomic E-state index is 13.2. The molecule has 1 aromatic heterocycles. The van der Waals surface area contributed by atoms with Gasteiger partial charge in [0.1, 0.15) is 0 Å². The monoisotopic (exact) mass is 461 g/mol. The van der Waals surface area contributed by atoms with Crippen molar-refractivity contribution < 1.29 is 14.3 Å². The van der Waals surface area contributed by atoms with Crippen LogP contribution in [0.25, 0.3) is 10.9 Å². The molecule has 1 heterocycles. The van der Waals surface area contributed by atoms with Crippen molar-refractivity contribution in [3.05, 3.63) is 63.9 Å². The molecule has 3 aromatic rings. The topological polar surface area (TPSA) is 82.5 Å². The van der Waals surface area contributed by atoms with Crippen molar-refractivity contribution in [1.29, 1.82) is 0 Å². The number of ether oxygens (including phenoxy) is 2. The number of carbonyl (C=O) groups excluding carboxylic acids is 1. The van der Waals surface area contributed by atoms with Gasteiger partial charge in [-0.25, -0.2) is 4.98 Å². The molecule has 0 saturated heterocycles. The molecular formula is C22H24ClN3O4S. The first-order valence-electron chi connectivity index (χ1n) is 9.93. The number of benzene rings is 2. The van der Waals surface area contributed by atoms with Gasteiger partial charge in [0.25, 0.3) is 5.56 Å². The number of carbonyl (C=O) groups is 1. The predicted molar refractivity (Wildman–Crippen MR) is 124 cm³/mol. The van der Waals surface area contributed by atoms with Gasteiger partial charge in [-0.1, -0.05) is 47.6 Å². The minimum absolute atomic E-state index is 0.0595. The van der Waals surface area contributed by atoms with Crippen molar-refractivity contribution in [1.82, 2.24) is 9.55 Å². The van der Waals surface area contributed by atoms with E-state index < -0.39 is 6.29 Å². The Bertz CT molecular complexity index is 1100. The third-order valence-corrected chi connectivity index (χ3v) is 5.65. The molecule has 1 amide bonds. The molecule has 7 nitrogen and oxygen atoms in total. The smallest absolute Gasteiger partial charge is 0.262 e. The summed E-state index contributed by atoms with van der Waals surface area (Å²) in [5, 5.41) is 4.15. The summed E-state index contributed by atoms with van der Waals surface area (Å²) in [5.74, 6) is -0.192. The number of fused-ring (bicyclic) bond motifs is 1. The van der Waals surface area contributed by atoms with Gasteiger partial charge < -0.3 is 14.8 Å². The van der Waals surface area contributed by atoms with Crippen LogP contribution in [-0.4, -0.2) is 40.7 Å². The summed E-state index contributed by atoms with van der Waals surface area (Å²) in [6, 6.07) is 14.1. The van der Waals surface area contributed by atoms with Gasteiger partial charge >= 0.3 is 0 Å². The van der Waals surface area contributed by atoms with Gasteiger partial charge in [-0.2, -0.15) is 0 Å². The first-order chi connectivity index (χ1) is 15.0. The van der Waals surface area contributed by atoms with E-state index in [9.17, 15) is 9.59 Å². The van der Waals surface area contributed by atoms with Crippen LogP contribution in [0.3, 0.4) is 0 Å². The van der Waals surface area contributed by atoms with E-state index in [0.29, 0.717) is 40.0 Å². The number of aromatic nitrogens is 2. The third-order valence-electron chi connectivity index (χ3n) is 4.34. The molecule has 0 radical (unpaired) electrons. The number of nitrogens with one attached hydrogen (secondary N) is 1. The third kappa shape index (κ3) is 6.07. The van der Waals surface area contributed by atoms with Crippen molar-refractivity contribution in [3.8, 4) is 0 Å². The molecule has 0 saturated carbocycles. The van der Waals surface area contributed by atoms with Crippen LogP contribution in [-0.2, 0) is 20.8 Å².